The van der Waals surface area contributed by atoms with E-state index in [-0.39, 0.29) is 17.6 Å². The van der Waals surface area contributed by atoms with E-state index in [1.165, 1.54) is 0 Å². The highest BCUT2D eigenvalue weighted by Gasteiger charge is 2.47. The zero-order chi connectivity index (χ0) is 24.0. The van der Waals surface area contributed by atoms with E-state index in [0.717, 1.165) is 79.4 Å². The molecule has 0 aromatic carbocycles. The van der Waals surface area contributed by atoms with Crippen LogP contribution in [0.1, 0.15) is 26.2 Å². The third-order valence-electron chi connectivity index (χ3n) is 8.20. The lowest BCUT2D eigenvalue weighted by Crippen LogP contribution is -2.50. The summed E-state index contributed by atoms with van der Waals surface area (Å²) < 4.78 is 17.4. The van der Waals surface area contributed by atoms with Crippen molar-refractivity contribution in [3.8, 4) is 5.75 Å². The van der Waals surface area contributed by atoms with Gasteiger partial charge in [0.25, 0.3) is 0 Å². The Kier molecular flexibility index (Phi) is 6.24. The highest BCUT2D eigenvalue weighted by atomic mass is 32.2. The van der Waals surface area contributed by atoms with Crippen molar-refractivity contribution in [3.63, 3.8) is 0 Å². The van der Waals surface area contributed by atoms with Crippen molar-refractivity contribution in [2.24, 2.45) is 17.1 Å². The van der Waals surface area contributed by atoms with Crippen molar-refractivity contribution in [1.82, 2.24) is 15.0 Å². The Labute approximate surface area is 210 Å². The monoisotopic (exact) mass is 498 g/mol. The van der Waals surface area contributed by atoms with E-state index in [1.807, 2.05) is 24.7 Å². The van der Waals surface area contributed by atoms with Crippen molar-refractivity contribution in [3.05, 3.63) is 24.7 Å². The molecule has 188 valence electrons. The van der Waals surface area contributed by atoms with Gasteiger partial charge >= 0.3 is 0 Å². The van der Waals surface area contributed by atoms with Crippen molar-refractivity contribution >= 4 is 23.4 Å². The Morgan fingerprint density at radius 1 is 1.23 bits per heavy atom. The molecule has 2 N–H and O–H groups in total. The number of fused-ring (bicyclic) bond motifs is 3. The first-order valence-electron chi connectivity index (χ1n) is 12.6. The molecule has 1 spiro atoms. The lowest BCUT2D eigenvalue weighted by Gasteiger charge is -2.41. The van der Waals surface area contributed by atoms with E-state index in [9.17, 15) is 0 Å². The summed E-state index contributed by atoms with van der Waals surface area (Å²) in [6.07, 6.45) is 8.88. The van der Waals surface area contributed by atoms with Gasteiger partial charge in [0.05, 0.1) is 42.6 Å². The van der Waals surface area contributed by atoms with Crippen LogP contribution in [0.25, 0.3) is 0 Å². The molecule has 4 atom stereocenters. The number of piperidine rings is 1. The number of ether oxygens (including phenoxy) is 3. The molecule has 6 heterocycles. The third-order valence-corrected chi connectivity index (χ3v) is 9.17. The Morgan fingerprint density at radius 3 is 2.80 bits per heavy atom. The Bertz CT molecular complexity index is 1050. The maximum atomic E-state index is 6.46. The van der Waals surface area contributed by atoms with Crippen molar-refractivity contribution in [2.45, 2.75) is 54.3 Å². The van der Waals surface area contributed by atoms with Crippen LogP contribution in [0, 0.1) is 11.3 Å². The second-order valence-electron chi connectivity index (χ2n) is 10.3. The Hall–Kier alpha value is -2.14. The van der Waals surface area contributed by atoms with Crippen LogP contribution in [0.3, 0.4) is 0 Å². The minimum atomic E-state index is 0.109. The molecule has 0 bridgehead atoms. The first-order valence-corrected chi connectivity index (χ1v) is 13.4. The van der Waals surface area contributed by atoms with Gasteiger partial charge in [0.1, 0.15) is 17.5 Å². The molecule has 0 amide bonds. The standard InChI is InChI=1S/C25H34N6O3S/c1-16-23(26)25(15-34-16)4-7-30(8-5-25)20-10-29-21(11-28-20)35-19-3-6-27-24-22(19)33-14-18-9-17(13-32-2)12-31(18)24/h3,6,10-11,16-18,23H,4-5,7-9,12-15,26H2,1-2H3/t16-,17-,18-,23+/m0/s1. The SMILES string of the molecule is COC[C@H]1C[C@H]2COc3c(Sc4cnc(N5CCC6(CC5)CO[C@@H](C)[C@H]6N)cn4)ccnc3N2C1. The normalized spacial score (nSPS) is 29.2. The molecule has 4 aliphatic heterocycles. The van der Waals surface area contributed by atoms with E-state index < -0.39 is 0 Å². The first-order chi connectivity index (χ1) is 17.1. The number of hydrogen-bond donors (Lipinski definition) is 1. The van der Waals surface area contributed by atoms with Crippen molar-refractivity contribution < 1.29 is 14.2 Å². The minimum absolute atomic E-state index is 0.109. The summed E-state index contributed by atoms with van der Waals surface area (Å²) >= 11 is 1.58. The van der Waals surface area contributed by atoms with Crippen LogP contribution in [0.15, 0.2) is 34.6 Å². The molecule has 0 saturated carbocycles. The van der Waals surface area contributed by atoms with Gasteiger partial charge in [-0.25, -0.2) is 15.0 Å². The summed E-state index contributed by atoms with van der Waals surface area (Å²) in [4.78, 5) is 19.8. The van der Waals surface area contributed by atoms with E-state index in [1.54, 1.807) is 18.9 Å². The van der Waals surface area contributed by atoms with Crippen LogP contribution in [0.5, 0.6) is 5.75 Å². The van der Waals surface area contributed by atoms with Crippen molar-refractivity contribution in [1.29, 1.82) is 0 Å². The summed E-state index contributed by atoms with van der Waals surface area (Å²) in [5, 5.41) is 0.847. The highest BCUT2D eigenvalue weighted by Crippen LogP contribution is 2.45. The van der Waals surface area contributed by atoms with Crippen LogP contribution < -0.4 is 20.3 Å². The number of aromatic nitrogens is 3. The first kappa shape index (κ1) is 23.3. The molecule has 10 heteroatoms. The minimum Gasteiger partial charge on any atom is -0.486 e. The second kappa shape index (κ2) is 9.38. The van der Waals surface area contributed by atoms with Crippen LogP contribution in [0.4, 0.5) is 11.6 Å². The van der Waals surface area contributed by atoms with E-state index in [0.29, 0.717) is 18.6 Å². The predicted molar refractivity (Wildman–Crippen MR) is 134 cm³/mol. The predicted octanol–water partition coefficient (Wildman–Crippen LogP) is 2.59. The van der Waals surface area contributed by atoms with E-state index in [4.69, 9.17) is 29.9 Å². The largest absolute Gasteiger partial charge is 0.486 e. The summed E-state index contributed by atoms with van der Waals surface area (Å²) in [6.45, 7) is 7.12. The highest BCUT2D eigenvalue weighted by molar-refractivity contribution is 7.99. The fraction of sp³-hybridized carbons (Fsp3) is 0.640. The number of pyridine rings is 1. The van der Waals surface area contributed by atoms with Gasteiger partial charge < -0.3 is 29.7 Å². The molecule has 3 saturated heterocycles. The van der Waals surface area contributed by atoms with Crippen LogP contribution >= 0.6 is 11.8 Å². The van der Waals surface area contributed by atoms with Gasteiger partial charge in [0, 0.05) is 50.3 Å². The zero-order valence-corrected chi connectivity index (χ0v) is 21.2. The molecule has 2 aromatic rings. The van der Waals surface area contributed by atoms with E-state index in [2.05, 4.69) is 21.7 Å². The molecule has 9 nitrogen and oxygen atoms in total. The molecular weight excluding hydrogens is 464 g/mol. The van der Waals surface area contributed by atoms with Gasteiger partial charge in [-0.2, -0.15) is 0 Å². The van der Waals surface area contributed by atoms with Crippen LogP contribution in [-0.4, -0.2) is 79.7 Å². The van der Waals surface area contributed by atoms with Gasteiger partial charge in [0.2, 0.25) is 0 Å². The van der Waals surface area contributed by atoms with Gasteiger partial charge in [0.15, 0.2) is 11.6 Å². The summed E-state index contributed by atoms with van der Waals surface area (Å²) in [6, 6.07) is 2.48. The molecule has 35 heavy (non-hydrogen) atoms. The number of nitrogens with two attached hydrogens (primary N) is 1. The number of methoxy groups -OCH3 is 1. The summed E-state index contributed by atoms with van der Waals surface area (Å²) in [5.41, 5.74) is 6.57. The molecule has 3 fully saturated rings. The van der Waals surface area contributed by atoms with Gasteiger partial charge in [-0.15, -0.1) is 0 Å². The zero-order valence-electron chi connectivity index (χ0n) is 20.4. The van der Waals surface area contributed by atoms with Crippen LogP contribution in [0.2, 0.25) is 0 Å². The summed E-state index contributed by atoms with van der Waals surface area (Å²) in [7, 11) is 1.77. The van der Waals surface area contributed by atoms with Gasteiger partial charge in [-0.05, 0) is 32.3 Å². The van der Waals surface area contributed by atoms with Gasteiger partial charge in [-0.1, -0.05) is 11.8 Å². The number of anilines is 2. The van der Waals surface area contributed by atoms with Crippen molar-refractivity contribution in [2.75, 3.05) is 56.4 Å². The van der Waals surface area contributed by atoms with Crippen LogP contribution in [-0.2, 0) is 9.47 Å². The average molecular weight is 499 g/mol. The fourth-order valence-corrected chi connectivity index (χ4v) is 6.91. The fourth-order valence-electron chi connectivity index (χ4n) is 6.10. The Morgan fingerprint density at radius 2 is 2.09 bits per heavy atom. The molecule has 0 radical (unpaired) electrons. The van der Waals surface area contributed by atoms with Gasteiger partial charge in [-0.3, -0.25) is 0 Å². The molecule has 0 unspecified atom stereocenters. The molecular formula is C25H34N6O3S. The second-order valence-corrected chi connectivity index (χ2v) is 11.4. The smallest absolute Gasteiger partial charge is 0.175 e. The molecule has 2 aromatic heterocycles. The molecule has 0 aliphatic carbocycles. The third kappa shape index (κ3) is 4.24. The van der Waals surface area contributed by atoms with E-state index >= 15 is 0 Å². The maximum Gasteiger partial charge on any atom is 0.175 e. The Balaban J connectivity index is 1.12. The lowest BCUT2D eigenvalue weighted by atomic mass is 9.73. The average Bonchev–Trinajstić information content (AvgIpc) is 3.42. The quantitative estimate of drug-likeness (QED) is 0.662. The topological polar surface area (TPSA) is 98.9 Å². The number of nitrogens with zero attached hydrogens (tertiary/aromatic N) is 5. The summed E-state index contributed by atoms with van der Waals surface area (Å²) in [5.74, 6) is 3.21. The molecule has 6 rings (SSSR count). The number of rotatable bonds is 5. The lowest BCUT2D eigenvalue weighted by molar-refractivity contribution is 0.0974. The maximum absolute atomic E-state index is 6.46. The number of hydrogen-bond acceptors (Lipinski definition) is 10. The molecule has 4 aliphatic rings.